The third-order valence-corrected chi connectivity index (χ3v) is 15.8. The number of para-hydroxylation sites is 1. The molecule has 1 aliphatic carbocycles. The van der Waals surface area contributed by atoms with Crippen molar-refractivity contribution in [2.24, 2.45) is 7.05 Å². The van der Waals surface area contributed by atoms with E-state index in [0.29, 0.717) is 34.0 Å². The number of aromatic nitrogens is 5. The van der Waals surface area contributed by atoms with Crippen LogP contribution in [-0.2, 0) is 38.2 Å². The highest BCUT2D eigenvalue weighted by Crippen LogP contribution is 2.38. The molecule has 1 fully saturated rings. The first-order valence-electron chi connectivity index (χ1n) is 20.1. The number of aliphatic carboxylic acids is 1. The summed E-state index contributed by atoms with van der Waals surface area (Å²) in [5.74, 6) is -0.243. The second-order valence-electron chi connectivity index (χ2n) is 15.9. The van der Waals surface area contributed by atoms with Crippen molar-refractivity contribution in [3.63, 3.8) is 0 Å². The van der Waals surface area contributed by atoms with E-state index in [1.165, 1.54) is 24.7 Å². The fraction of sp³-hybridized carbons (Fsp3) is 0.341. The fourth-order valence-corrected chi connectivity index (χ4v) is 10.4. The molecule has 0 radical (unpaired) electrons. The minimum absolute atomic E-state index is 0.0308. The quantitative estimate of drug-likeness (QED) is 0.0850. The molecule has 6 aromatic rings. The Morgan fingerprint density at radius 2 is 1.76 bits per heavy atom. The number of fused-ring (bicyclic) bond motifs is 1. The molecule has 2 aromatic heterocycles. The largest absolute Gasteiger partial charge is 0.494 e. The van der Waals surface area contributed by atoms with Crippen LogP contribution in [0.4, 0.5) is 17.5 Å². The van der Waals surface area contributed by atoms with Gasteiger partial charge in [0.05, 0.1) is 40.5 Å². The monoisotopic (exact) mass is 900 g/mol. The van der Waals surface area contributed by atoms with Crippen LogP contribution in [0.15, 0.2) is 94.9 Å². The number of hydrogen-bond acceptors (Lipinski definition) is 12. The molecule has 0 saturated heterocycles. The van der Waals surface area contributed by atoms with Gasteiger partial charge in [-0.2, -0.15) is 9.29 Å². The van der Waals surface area contributed by atoms with E-state index in [9.17, 15) is 26.7 Å². The van der Waals surface area contributed by atoms with E-state index in [-0.39, 0.29) is 45.6 Å². The number of rotatable bonds is 16. The summed E-state index contributed by atoms with van der Waals surface area (Å²) in [7, 11) is -2.64. The lowest BCUT2D eigenvalue weighted by molar-refractivity contribution is -0.137. The number of carboxylic acids is 1. The summed E-state index contributed by atoms with van der Waals surface area (Å²) in [5.41, 5.74) is 5.67. The van der Waals surface area contributed by atoms with Gasteiger partial charge in [0.15, 0.2) is 15.7 Å². The Hall–Kier alpha value is -5.62. The molecule has 0 amide bonds. The maximum Gasteiger partial charge on any atom is 0.304 e. The first kappa shape index (κ1) is 44.4. The normalized spacial score (nSPS) is 16.2. The van der Waals surface area contributed by atoms with E-state index in [2.05, 4.69) is 30.9 Å². The predicted molar refractivity (Wildman–Crippen MR) is 239 cm³/mol. The smallest absolute Gasteiger partial charge is 0.304 e. The number of nitrogens with one attached hydrogen (secondary N) is 2. The molecule has 62 heavy (non-hydrogen) atoms. The number of hydrogen-bond donors (Lipinski definition) is 3. The van der Waals surface area contributed by atoms with Gasteiger partial charge in [-0.25, -0.2) is 26.5 Å². The molecule has 2 unspecified atom stereocenters. The molecule has 1 saturated carbocycles. The van der Waals surface area contributed by atoms with Gasteiger partial charge in [0, 0.05) is 32.6 Å². The van der Waals surface area contributed by atoms with Gasteiger partial charge < -0.3 is 20.5 Å². The van der Waals surface area contributed by atoms with Crippen LogP contribution in [0.5, 0.6) is 5.75 Å². The van der Waals surface area contributed by atoms with Gasteiger partial charge in [0.2, 0.25) is 16.0 Å². The van der Waals surface area contributed by atoms with Gasteiger partial charge in [-0.15, -0.1) is 5.10 Å². The lowest BCUT2D eigenvalue weighted by Gasteiger charge is -2.22. The summed E-state index contributed by atoms with van der Waals surface area (Å²) in [6.45, 7) is 5.23. The number of sulfone groups is 1. The zero-order chi connectivity index (χ0) is 44.5. The van der Waals surface area contributed by atoms with Crippen molar-refractivity contribution < 1.29 is 31.5 Å². The van der Waals surface area contributed by atoms with Crippen LogP contribution < -0.4 is 15.4 Å². The van der Waals surface area contributed by atoms with E-state index in [0.717, 1.165) is 41.5 Å². The zero-order valence-electron chi connectivity index (χ0n) is 35.2. The summed E-state index contributed by atoms with van der Waals surface area (Å²) in [5, 5.41) is 24.4. The summed E-state index contributed by atoms with van der Waals surface area (Å²) in [6.07, 6.45) is 3.71. The van der Waals surface area contributed by atoms with Crippen molar-refractivity contribution in [2.45, 2.75) is 85.9 Å². The number of carbonyl (C=O) groups is 1. The fourth-order valence-electron chi connectivity index (χ4n) is 7.95. The molecule has 0 spiro atoms. The molecule has 2 heterocycles. The van der Waals surface area contributed by atoms with Crippen molar-refractivity contribution in [1.29, 1.82) is 0 Å². The number of halogens is 1. The molecule has 3 N–H and O–H groups in total. The SMILES string of the molecule is COc1cc(C(CC(=O)O)c2ccc(C)c(CN(C)S(=O)(=O)c3ccc([C@@H]4CCC(Nc5ncc(Cl)c(Nc6ccccc6S(=O)(=O)C(C)C)n5)C4)cc3)c2)cc2nnn(C)c12. The standard InChI is InChI=1S/C44H49ClN8O7S2/c1-26(2)61(56,57)40-10-8-7-9-37(40)48-43-36(45)24-46-44(49-43)47-33-16-13-29(20-33)28-14-17-34(18-15-28)62(58,59)52(4)25-32-19-30(12-11-27(32)3)35(23-41(54)55)31-21-38-42(39(22-31)60-6)53(5)51-50-38/h7-12,14-15,17-19,21-22,24,26,29,33,35H,13,16,20,23,25H2,1-6H3,(H,54,55)(H2,46,47,48,49)/t29-,33?,35?/m1/s1. The lowest BCUT2D eigenvalue weighted by Crippen LogP contribution is -2.27. The number of nitrogens with zero attached hydrogens (tertiary/aromatic N) is 6. The molecule has 326 valence electrons. The van der Waals surface area contributed by atoms with E-state index in [4.69, 9.17) is 16.3 Å². The molecular formula is C44H49ClN8O7S2. The highest BCUT2D eigenvalue weighted by Gasteiger charge is 2.29. The van der Waals surface area contributed by atoms with Crippen LogP contribution >= 0.6 is 11.6 Å². The van der Waals surface area contributed by atoms with Crippen LogP contribution in [0.2, 0.25) is 5.02 Å². The van der Waals surface area contributed by atoms with Crippen LogP contribution in [-0.4, -0.2) is 82.6 Å². The van der Waals surface area contributed by atoms with Crippen molar-refractivity contribution in [2.75, 3.05) is 24.8 Å². The van der Waals surface area contributed by atoms with E-state index in [1.54, 1.807) is 68.0 Å². The first-order chi connectivity index (χ1) is 29.5. The predicted octanol–water partition coefficient (Wildman–Crippen LogP) is 7.83. The van der Waals surface area contributed by atoms with Crippen LogP contribution in [0.3, 0.4) is 0 Å². The van der Waals surface area contributed by atoms with E-state index < -0.39 is 37.0 Å². The number of sulfonamides is 1. The van der Waals surface area contributed by atoms with Gasteiger partial charge in [-0.1, -0.05) is 59.3 Å². The molecule has 0 aliphatic heterocycles. The van der Waals surface area contributed by atoms with E-state index >= 15 is 0 Å². The minimum Gasteiger partial charge on any atom is -0.494 e. The third kappa shape index (κ3) is 9.26. The van der Waals surface area contributed by atoms with Crippen LogP contribution in [0, 0.1) is 6.92 Å². The van der Waals surface area contributed by atoms with Crippen LogP contribution in [0.25, 0.3) is 11.0 Å². The van der Waals surface area contributed by atoms with Crippen molar-refractivity contribution in [3.8, 4) is 5.75 Å². The Morgan fingerprint density at radius 3 is 2.47 bits per heavy atom. The molecule has 7 rings (SSSR count). The highest BCUT2D eigenvalue weighted by molar-refractivity contribution is 7.92. The Morgan fingerprint density at radius 1 is 1.02 bits per heavy atom. The Kier molecular flexibility index (Phi) is 12.9. The molecule has 4 aromatic carbocycles. The van der Waals surface area contributed by atoms with Gasteiger partial charge in [0.1, 0.15) is 21.8 Å². The lowest BCUT2D eigenvalue weighted by atomic mass is 9.86. The Balaban J connectivity index is 1.02. The van der Waals surface area contributed by atoms with Crippen molar-refractivity contribution in [3.05, 3.63) is 118 Å². The molecule has 1 aliphatic rings. The number of carboxylic acid groups (broad SMARTS) is 1. The molecule has 18 heteroatoms. The average molecular weight is 902 g/mol. The van der Waals surface area contributed by atoms with Gasteiger partial charge in [-0.3, -0.25) is 4.79 Å². The summed E-state index contributed by atoms with van der Waals surface area (Å²) in [6, 6.07) is 22.9. The zero-order valence-corrected chi connectivity index (χ0v) is 37.6. The van der Waals surface area contributed by atoms with Gasteiger partial charge >= 0.3 is 5.97 Å². The maximum absolute atomic E-state index is 13.9. The van der Waals surface area contributed by atoms with Crippen molar-refractivity contribution >= 4 is 65.9 Å². The second kappa shape index (κ2) is 18.0. The van der Waals surface area contributed by atoms with Crippen molar-refractivity contribution in [1.82, 2.24) is 29.3 Å². The number of aryl methyl sites for hydroxylation is 2. The van der Waals surface area contributed by atoms with Gasteiger partial charge in [-0.05, 0) is 110 Å². The van der Waals surface area contributed by atoms with Crippen LogP contribution in [0.1, 0.15) is 79.2 Å². The Bertz CT molecular complexity index is 2850. The summed E-state index contributed by atoms with van der Waals surface area (Å²) in [4.78, 5) is 21.4. The number of ether oxygens (including phenoxy) is 1. The topological polar surface area (TPSA) is 199 Å². The molecule has 15 nitrogen and oxygen atoms in total. The maximum atomic E-state index is 13.9. The molecule has 0 bridgehead atoms. The average Bonchev–Trinajstić information content (AvgIpc) is 3.87. The molecule has 3 atom stereocenters. The molecular weight excluding hydrogens is 852 g/mol. The second-order valence-corrected chi connectivity index (χ2v) is 20.9. The summed E-state index contributed by atoms with van der Waals surface area (Å²) >= 11 is 6.45. The first-order valence-corrected chi connectivity index (χ1v) is 23.5. The Labute approximate surface area is 366 Å². The number of benzene rings is 4. The third-order valence-electron chi connectivity index (χ3n) is 11.5. The highest BCUT2D eigenvalue weighted by atomic mass is 35.5. The summed E-state index contributed by atoms with van der Waals surface area (Å²) < 4.78 is 62.4. The van der Waals surface area contributed by atoms with E-state index in [1.807, 2.05) is 43.3 Å². The number of anilines is 3. The van der Waals surface area contributed by atoms with Gasteiger partial charge in [0.25, 0.3) is 0 Å². The number of methoxy groups -OCH3 is 1. The minimum atomic E-state index is -3.90.